The second-order valence-electron chi connectivity index (χ2n) is 7.35. The Kier molecular flexibility index (Phi) is 5.80. The molecular formula is C21H27N5O3. The van der Waals surface area contributed by atoms with Crippen LogP contribution in [0.25, 0.3) is 5.65 Å². The van der Waals surface area contributed by atoms with Crippen LogP contribution in [0.5, 0.6) is 11.5 Å². The van der Waals surface area contributed by atoms with E-state index in [9.17, 15) is 5.11 Å². The van der Waals surface area contributed by atoms with Crippen LogP contribution in [0.1, 0.15) is 55.0 Å². The molecule has 0 bridgehead atoms. The summed E-state index contributed by atoms with van der Waals surface area (Å²) in [5.41, 5.74) is 2.37. The molecule has 0 amide bonds. The van der Waals surface area contributed by atoms with Gasteiger partial charge in [0.15, 0.2) is 23.0 Å². The van der Waals surface area contributed by atoms with Gasteiger partial charge in [-0.3, -0.25) is 0 Å². The first kappa shape index (κ1) is 19.4. The minimum Gasteiger partial charge on any atom is -0.493 e. The van der Waals surface area contributed by atoms with Crippen LogP contribution in [-0.2, 0) is 13.2 Å². The number of aliphatic hydroxyl groups is 1. The molecule has 0 saturated heterocycles. The van der Waals surface area contributed by atoms with Gasteiger partial charge in [-0.25, -0.2) is 9.97 Å². The summed E-state index contributed by atoms with van der Waals surface area (Å²) in [7, 11) is 3.24. The molecule has 0 atom stereocenters. The van der Waals surface area contributed by atoms with Crippen LogP contribution < -0.4 is 14.8 Å². The summed E-state index contributed by atoms with van der Waals surface area (Å²) in [6.07, 6.45) is 7.61. The summed E-state index contributed by atoms with van der Waals surface area (Å²) < 4.78 is 12.4. The molecule has 0 unspecified atom stereocenters. The molecule has 4 rings (SSSR count). The Morgan fingerprint density at radius 2 is 1.93 bits per heavy atom. The first-order valence-electron chi connectivity index (χ1n) is 10.0. The van der Waals surface area contributed by atoms with Gasteiger partial charge in [0, 0.05) is 24.2 Å². The molecular weight excluding hydrogens is 370 g/mol. The molecule has 1 aliphatic carbocycles. The molecule has 2 aromatic heterocycles. The number of anilines is 1. The smallest absolute Gasteiger partial charge is 0.226 e. The Labute approximate surface area is 169 Å². The van der Waals surface area contributed by atoms with Crippen molar-refractivity contribution < 1.29 is 14.6 Å². The van der Waals surface area contributed by atoms with Gasteiger partial charge in [0.05, 0.1) is 20.8 Å². The zero-order valence-corrected chi connectivity index (χ0v) is 16.9. The van der Waals surface area contributed by atoms with Crippen molar-refractivity contribution in [2.75, 3.05) is 19.5 Å². The van der Waals surface area contributed by atoms with Crippen LogP contribution in [0.2, 0.25) is 0 Å². The molecule has 1 aliphatic rings. The first-order valence-corrected chi connectivity index (χ1v) is 10.0. The van der Waals surface area contributed by atoms with E-state index in [1.54, 1.807) is 24.9 Å². The van der Waals surface area contributed by atoms with E-state index in [0.29, 0.717) is 41.1 Å². The van der Waals surface area contributed by atoms with Crippen molar-refractivity contribution >= 4 is 11.6 Å². The number of nitrogens with zero attached hydrogens (tertiary/aromatic N) is 4. The van der Waals surface area contributed by atoms with E-state index < -0.39 is 0 Å². The zero-order chi connectivity index (χ0) is 20.2. The summed E-state index contributed by atoms with van der Waals surface area (Å²) in [4.78, 5) is 9.21. The number of aliphatic hydroxyl groups excluding tert-OH is 1. The van der Waals surface area contributed by atoms with Gasteiger partial charge in [0.2, 0.25) is 5.95 Å². The van der Waals surface area contributed by atoms with Crippen molar-refractivity contribution in [1.29, 1.82) is 0 Å². The maximum atomic E-state index is 9.69. The monoisotopic (exact) mass is 397 g/mol. The number of fused-ring (bicyclic) bond motifs is 1. The summed E-state index contributed by atoms with van der Waals surface area (Å²) in [5, 5.41) is 17.8. The van der Waals surface area contributed by atoms with Gasteiger partial charge in [-0.1, -0.05) is 25.3 Å². The van der Waals surface area contributed by atoms with Gasteiger partial charge < -0.3 is 19.9 Å². The highest BCUT2D eigenvalue weighted by molar-refractivity contribution is 5.51. The van der Waals surface area contributed by atoms with Gasteiger partial charge in [-0.05, 0) is 30.5 Å². The highest BCUT2D eigenvalue weighted by Gasteiger charge is 2.22. The van der Waals surface area contributed by atoms with Crippen LogP contribution in [-0.4, -0.2) is 38.9 Å². The Morgan fingerprint density at radius 1 is 1.14 bits per heavy atom. The number of benzene rings is 1. The lowest BCUT2D eigenvalue weighted by Gasteiger charge is -2.18. The van der Waals surface area contributed by atoms with E-state index in [1.807, 2.05) is 18.2 Å². The lowest BCUT2D eigenvalue weighted by Crippen LogP contribution is -2.10. The van der Waals surface area contributed by atoms with Crippen molar-refractivity contribution in [3.8, 4) is 11.5 Å². The molecule has 1 saturated carbocycles. The van der Waals surface area contributed by atoms with Crippen LogP contribution in [0.15, 0.2) is 24.4 Å². The minimum atomic E-state index is -0.116. The van der Waals surface area contributed by atoms with E-state index in [-0.39, 0.29) is 6.61 Å². The molecule has 29 heavy (non-hydrogen) atoms. The second kappa shape index (κ2) is 8.65. The number of hydrogen-bond donors (Lipinski definition) is 2. The van der Waals surface area contributed by atoms with Crippen molar-refractivity contribution in [1.82, 2.24) is 19.6 Å². The van der Waals surface area contributed by atoms with Crippen molar-refractivity contribution in [2.45, 2.75) is 51.2 Å². The molecule has 3 aromatic rings. The van der Waals surface area contributed by atoms with Crippen LogP contribution in [0.4, 0.5) is 5.95 Å². The molecule has 0 radical (unpaired) electrons. The summed E-state index contributed by atoms with van der Waals surface area (Å²) in [5.74, 6) is 3.20. The van der Waals surface area contributed by atoms with E-state index >= 15 is 0 Å². The fourth-order valence-corrected chi connectivity index (χ4v) is 3.87. The predicted octanol–water partition coefficient (Wildman–Crippen LogP) is 3.29. The molecule has 1 aromatic carbocycles. The molecule has 8 nitrogen and oxygen atoms in total. The fraction of sp³-hybridized carbons (Fsp3) is 0.476. The topological polar surface area (TPSA) is 93.8 Å². The fourth-order valence-electron chi connectivity index (χ4n) is 3.87. The standard InChI is InChI=1S/C21H27N5O3/c1-28-17-9-8-14(10-18(17)29-2)11-22-21-23-12-16(13-27)20-24-19(25-26(20)21)15-6-4-3-5-7-15/h8-10,12,15,27H,3-7,11,13H2,1-2H3,(H,22,23). The van der Waals surface area contributed by atoms with Gasteiger partial charge >= 0.3 is 0 Å². The van der Waals surface area contributed by atoms with Crippen molar-refractivity contribution in [3.63, 3.8) is 0 Å². The summed E-state index contributed by atoms with van der Waals surface area (Å²) >= 11 is 0. The number of aromatic nitrogens is 4. The summed E-state index contributed by atoms with van der Waals surface area (Å²) in [6.45, 7) is 0.425. The maximum Gasteiger partial charge on any atom is 0.226 e. The average molecular weight is 397 g/mol. The molecule has 2 N–H and O–H groups in total. The molecule has 154 valence electrons. The van der Waals surface area contributed by atoms with Crippen molar-refractivity contribution in [3.05, 3.63) is 41.3 Å². The Bertz CT molecular complexity index is 982. The SMILES string of the molecule is COc1ccc(CNc2ncc(CO)c3nc(C4CCCCC4)nn23)cc1OC. The van der Waals surface area contributed by atoms with E-state index in [0.717, 1.165) is 24.2 Å². The molecule has 2 heterocycles. The Morgan fingerprint density at radius 3 is 2.66 bits per heavy atom. The molecule has 0 spiro atoms. The zero-order valence-electron chi connectivity index (χ0n) is 16.9. The van der Waals surface area contributed by atoms with Gasteiger partial charge in [0.1, 0.15) is 0 Å². The third-order valence-corrected chi connectivity index (χ3v) is 5.49. The van der Waals surface area contributed by atoms with E-state index in [4.69, 9.17) is 19.6 Å². The first-order chi connectivity index (χ1) is 14.2. The second-order valence-corrected chi connectivity index (χ2v) is 7.35. The number of methoxy groups -OCH3 is 2. The maximum absolute atomic E-state index is 9.69. The Hall–Kier alpha value is -2.87. The highest BCUT2D eigenvalue weighted by Crippen LogP contribution is 2.32. The predicted molar refractivity (Wildman–Crippen MR) is 109 cm³/mol. The van der Waals surface area contributed by atoms with Crippen molar-refractivity contribution in [2.24, 2.45) is 0 Å². The largest absolute Gasteiger partial charge is 0.493 e. The molecule has 0 aliphatic heterocycles. The van der Waals surface area contributed by atoms with E-state index in [1.165, 1.54) is 19.3 Å². The third-order valence-electron chi connectivity index (χ3n) is 5.49. The number of rotatable bonds is 7. The van der Waals surface area contributed by atoms with E-state index in [2.05, 4.69) is 10.3 Å². The lowest BCUT2D eigenvalue weighted by molar-refractivity contribution is 0.282. The average Bonchev–Trinajstić information content (AvgIpc) is 3.23. The Balaban J connectivity index is 1.61. The molecule has 8 heteroatoms. The van der Waals surface area contributed by atoms with Gasteiger partial charge in [-0.15, -0.1) is 5.10 Å². The van der Waals surface area contributed by atoms with Crippen LogP contribution in [0, 0.1) is 0 Å². The quantitative estimate of drug-likeness (QED) is 0.632. The number of ether oxygens (including phenoxy) is 2. The third kappa shape index (κ3) is 3.98. The van der Waals surface area contributed by atoms with Gasteiger partial charge in [-0.2, -0.15) is 4.52 Å². The van der Waals surface area contributed by atoms with Crippen LogP contribution in [0.3, 0.4) is 0 Å². The normalized spacial score (nSPS) is 14.9. The lowest BCUT2D eigenvalue weighted by atomic mass is 9.89. The molecule has 1 fully saturated rings. The minimum absolute atomic E-state index is 0.116. The number of hydrogen-bond acceptors (Lipinski definition) is 7. The summed E-state index contributed by atoms with van der Waals surface area (Å²) in [6, 6.07) is 5.78. The highest BCUT2D eigenvalue weighted by atomic mass is 16.5. The number of nitrogens with one attached hydrogen (secondary N) is 1. The van der Waals surface area contributed by atoms with Crippen LogP contribution >= 0.6 is 0 Å². The van der Waals surface area contributed by atoms with Gasteiger partial charge in [0.25, 0.3) is 0 Å².